The van der Waals surface area contributed by atoms with E-state index < -0.39 is 28.1 Å². The minimum Gasteiger partial charge on any atom is -0.545 e. The van der Waals surface area contributed by atoms with E-state index in [2.05, 4.69) is 0 Å². The molecule has 0 fully saturated rings. The molecule has 0 unspecified atom stereocenters. The van der Waals surface area contributed by atoms with Crippen molar-refractivity contribution in [2.24, 2.45) is 0 Å². The van der Waals surface area contributed by atoms with Crippen molar-refractivity contribution in [3.63, 3.8) is 0 Å². The van der Waals surface area contributed by atoms with E-state index >= 15 is 0 Å². The predicted molar refractivity (Wildman–Crippen MR) is 58.0 cm³/mol. The Morgan fingerprint density at radius 2 is 2.00 bits per heavy atom. The van der Waals surface area contributed by atoms with E-state index in [1.807, 2.05) is 0 Å². The molecule has 0 heterocycles. The van der Waals surface area contributed by atoms with Gasteiger partial charge < -0.3 is 14.6 Å². The Hall–Kier alpha value is -0.804. The zero-order valence-corrected chi connectivity index (χ0v) is 13.7. The first kappa shape index (κ1) is 18.2. The summed E-state index contributed by atoms with van der Waals surface area (Å²) in [5.74, 6) is -2.70. The molecule has 0 saturated heterocycles. The number of carbonyl (C=O) groups is 2. The minimum absolute atomic E-state index is 0. The second-order valence-corrected chi connectivity index (χ2v) is 3.38. The van der Waals surface area contributed by atoms with Crippen molar-refractivity contribution < 1.29 is 75.7 Å². The van der Waals surface area contributed by atoms with Crippen LogP contribution in [0, 0.1) is 10.1 Å². The van der Waals surface area contributed by atoms with Gasteiger partial charge in [-0.05, 0) is 12.5 Å². The monoisotopic (exact) mass is 291 g/mol. The molecule has 0 saturated carbocycles. The number of nitrogens with zero attached hydrogens (tertiary/aromatic N) is 1. The number of ether oxygens (including phenoxy) is 1. The predicted octanol–water partition coefficient (Wildman–Crippen LogP) is -2.47. The maximum absolute atomic E-state index is 11.6. The van der Waals surface area contributed by atoms with Gasteiger partial charge in [0.25, 0.3) is 5.69 Å². The minimum atomic E-state index is -1.79. The number of carbonyl (C=O) groups excluding carboxylic acids is 2. The number of aromatic carboxylic acids is 1. The van der Waals surface area contributed by atoms with Crippen LogP contribution in [-0.2, 0) is 4.74 Å². The van der Waals surface area contributed by atoms with Gasteiger partial charge in [-0.25, -0.2) is 4.79 Å². The second kappa shape index (κ2) is 8.38. The van der Waals surface area contributed by atoms with Crippen molar-refractivity contribution in [2.45, 2.75) is 13.3 Å². The zero-order chi connectivity index (χ0) is 13.7. The van der Waals surface area contributed by atoms with E-state index in [0.29, 0.717) is 6.42 Å². The van der Waals surface area contributed by atoms with Crippen LogP contribution in [0.5, 0.6) is 0 Å². The van der Waals surface area contributed by atoms with Crippen LogP contribution in [0.2, 0.25) is 0 Å². The van der Waals surface area contributed by atoms with E-state index in [-0.39, 0.29) is 63.6 Å². The standard InChI is InChI=1S/C11H11NO6.K/c1-2-6-18-11(15)7-4-3-5-8(12(16)17)9(7)10(13)14;/h3-5H,2,6H2,1H3,(H,13,14);/q;+1/p-1. The van der Waals surface area contributed by atoms with E-state index in [1.165, 1.54) is 6.07 Å². The summed E-state index contributed by atoms with van der Waals surface area (Å²) in [4.78, 5) is 32.3. The van der Waals surface area contributed by atoms with Crippen molar-refractivity contribution in [2.75, 3.05) is 6.61 Å². The second-order valence-electron chi connectivity index (χ2n) is 3.38. The summed E-state index contributed by atoms with van der Waals surface area (Å²) in [6.07, 6.45) is 0.557. The Labute approximate surface area is 151 Å². The number of hydrogen-bond acceptors (Lipinski definition) is 6. The summed E-state index contributed by atoms with van der Waals surface area (Å²) in [6.45, 7) is 1.87. The van der Waals surface area contributed by atoms with Gasteiger partial charge in [0.05, 0.1) is 28.6 Å². The smallest absolute Gasteiger partial charge is 0.545 e. The Bertz CT molecular complexity index is 502. The van der Waals surface area contributed by atoms with E-state index in [9.17, 15) is 24.8 Å². The summed E-state index contributed by atoms with van der Waals surface area (Å²) < 4.78 is 4.75. The Morgan fingerprint density at radius 1 is 1.37 bits per heavy atom. The van der Waals surface area contributed by atoms with Gasteiger partial charge in [0.2, 0.25) is 0 Å². The van der Waals surface area contributed by atoms with Gasteiger partial charge in [-0.15, -0.1) is 0 Å². The van der Waals surface area contributed by atoms with Crippen LogP contribution >= 0.6 is 0 Å². The number of esters is 1. The SMILES string of the molecule is CCCOC(=O)c1cccc([N+](=O)[O-])c1C(=O)[O-].[K+]. The molecule has 1 aromatic carbocycles. The van der Waals surface area contributed by atoms with Gasteiger partial charge in [0.15, 0.2) is 0 Å². The molecule has 0 atom stereocenters. The first-order valence-corrected chi connectivity index (χ1v) is 5.15. The van der Waals surface area contributed by atoms with Crippen molar-refractivity contribution in [3.8, 4) is 0 Å². The van der Waals surface area contributed by atoms with Crippen LogP contribution in [0.4, 0.5) is 5.69 Å². The third-order valence-electron chi connectivity index (χ3n) is 2.10. The summed E-state index contributed by atoms with van der Waals surface area (Å²) in [7, 11) is 0. The first-order valence-electron chi connectivity index (χ1n) is 5.15. The fourth-order valence-corrected chi connectivity index (χ4v) is 1.35. The van der Waals surface area contributed by atoms with Crippen LogP contribution in [0.1, 0.15) is 34.1 Å². The molecule has 0 radical (unpaired) electrons. The number of hydrogen-bond donors (Lipinski definition) is 0. The quantitative estimate of drug-likeness (QED) is 0.257. The molecule has 0 N–H and O–H groups in total. The maximum atomic E-state index is 11.6. The molecule has 0 aliphatic rings. The van der Waals surface area contributed by atoms with Crippen LogP contribution in [0.15, 0.2) is 18.2 Å². The van der Waals surface area contributed by atoms with Crippen molar-refractivity contribution in [1.29, 1.82) is 0 Å². The molecule has 0 bridgehead atoms. The van der Waals surface area contributed by atoms with Gasteiger partial charge >= 0.3 is 57.4 Å². The molecule has 0 aromatic heterocycles. The molecule has 1 rings (SSSR count). The Morgan fingerprint density at radius 3 is 2.47 bits per heavy atom. The van der Waals surface area contributed by atoms with Crippen LogP contribution in [0.3, 0.4) is 0 Å². The van der Waals surface area contributed by atoms with Crippen LogP contribution in [-0.4, -0.2) is 23.5 Å². The molecular formula is C11H10KNO6. The molecule has 96 valence electrons. The first-order chi connectivity index (χ1) is 8.49. The molecule has 1 aromatic rings. The maximum Gasteiger partial charge on any atom is 1.00 e. The number of carboxylic acid groups (broad SMARTS) is 1. The molecule has 0 aliphatic heterocycles. The zero-order valence-electron chi connectivity index (χ0n) is 10.5. The van der Waals surface area contributed by atoms with Crippen molar-refractivity contribution in [1.82, 2.24) is 0 Å². The average Bonchev–Trinajstić information content (AvgIpc) is 2.34. The number of benzene rings is 1. The Kier molecular flexibility index (Phi) is 8.03. The van der Waals surface area contributed by atoms with E-state index in [0.717, 1.165) is 12.1 Å². The van der Waals surface area contributed by atoms with E-state index in [1.54, 1.807) is 6.92 Å². The average molecular weight is 291 g/mol. The molecular weight excluding hydrogens is 281 g/mol. The van der Waals surface area contributed by atoms with Crippen molar-refractivity contribution in [3.05, 3.63) is 39.4 Å². The fraction of sp³-hybridized carbons (Fsp3) is 0.273. The van der Waals surface area contributed by atoms with Crippen LogP contribution < -0.4 is 56.5 Å². The van der Waals surface area contributed by atoms with Gasteiger partial charge in [-0.2, -0.15) is 0 Å². The largest absolute Gasteiger partial charge is 1.00 e. The topological polar surface area (TPSA) is 110 Å². The summed E-state index contributed by atoms with van der Waals surface area (Å²) in [5.41, 5.74) is -1.83. The molecule has 8 heteroatoms. The molecule has 0 spiro atoms. The van der Waals surface area contributed by atoms with E-state index in [4.69, 9.17) is 4.74 Å². The third kappa shape index (κ3) is 4.66. The van der Waals surface area contributed by atoms with Crippen LogP contribution in [0.25, 0.3) is 0 Å². The van der Waals surface area contributed by atoms with Gasteiger partial charge in [0, 0.05) is 6.07 Å². The number of rotatable bonds is 5. The molecule has 19 heavy (non-hydrogen) atoms. The summed E-state index contributed by atoms with van der Waals surface area (Å²) >= 11 is 0. The molecule has 0 amide bonds. The van der Waals surface area contributed by atoms with Crippen molar-refractivity contribution >= 4 is 17.6 Å². The van der Waals surface area contributed by atoms with Gasteiger partial charge in [0.1, 0.15) is 0 Å². The normalized spacial score (nSPS) is 9.32. The molecule has 0 aliphatic carbocycles. The number of nitro groups is 1. The number of carboxylic acids is 1. The number of nitro benzene ring substituents is 1. The summed E-state index contributed by atoms with van der Waals surface area (Å²) in [5, 5.41) is 21.6. The summed E-state index contributed by atoms with van der Waals surface area (Å²) in [6, 6.07) is 3.35. The molecule has 7 nitrogen and oxygen atoms in total. The third-order valence-corrected chi connectivity index (χ3v) is 2.10. The van der Waals surface area contributed by atoms with Gasteiger partial charge in [-0.1, -0.05) is 13.0 Å². The fourth-order valence-electron chi connectivity index (χ4n) is 1.35. The Balaban J connectivity index is 0.00000324. The van der Waals surface area contributed by atoms with Gasteiger partial charge in [-0.3, -0.25) is 10.1 Å².